The minimum Gasteiger partial charge on any atom is -0.460 e. The highest BCUT2D eigenvalue weighted by atomic mass is 32.2. The van der Waals surface area contributed by atoms with Crippen molar-refractivity contribution in [2.24, 2.45) is 5.41 Å². The first-order valence-corrected chi connectivity index (χ1v) is 9.53. The maximum absolute atomic E-state index is 12.1. The molecule has 1 N–H and O–H groups in total. The molecule has 25 heavy (non-hydrogen) atoms. The van der Waals surface area contributed by atoms with Gasteiger partial charge in [0.25, 0.3) is 10.1 Å². The van der Waals surface area contributed by atoms with Crippen molar-refractivity contribution >= 4 is 22.0 Å². The van der Waals surface area contributed by atoms with E-state index >= 15 is 0 Å². The topological polar surface area (TPSA) is 98.8 Å². The Hall–Kier alpha value is -1.93. The average molecular weight is 371 g/mol. The second-order valence-electron chi connectivity index (χ2n) is 6.31. The molecule has 8 heteroatoms. The van der Waals surface area contributed by atoms with Crippen LogP contribution in [-0.2, 0) is 35.2 Å². The van der Waals surface area contributed by atoms with E-state index in [4.69, 9.17) is 8.92 Å². The normalized spacial score (nSPS) is 11.8. The quantitative estimate of drug-likeness (QED) is 0.381. The van der Waals surface area contributed by atoms with Crippen LogP contribution in [0.2, 0.25) is 0 Å². The minimum atomic E-state index is -3.77. The molecule has 0 saturated heterocycles. The van der Waals surface area contributed by atoms with E-state index in [1.165, 1.54) is 6.92 Å². The summed E-state index contributed by atoms with van der Waals surface area (Å²) in [6.07, 6.45) is 0.237. The van der Waals surface area contributed by atoms with Crippen LogP contribution in [-0.4, -0.2) is 39.2 Å². The number of amides is 1. The van der Waals surface area contributed by atoms with Gasteiger partial charge < -0.3 is 10.1 Å². The summed E-state index contributed by atoms with van der Waals surface area (Å²) in [5.74, 6) is -0.993. The lowest BCUT2D eigenvalue weighted by atomic mass is 9.95. The van der Waals surface area contributed by atoms with E-state index in [1.54, 1.807) is 13.8 Å². The van der Waals surface area contributed by atoms with Gasteiger partial charge in [-0.3, -0.25) is 13.8 Å². The molecule has 140 valence electrons. The third kappa shape index (κ3) is 8.64. The molecular weight excluding hydrogens is 346 g/mol. The van der Waals surface area contributed by atoms with Gasteiger partial charge in [-0.1, -0.05) is 30.3 Å². The van der Waals surface area contributed by atoms with Gasteiger partial charge in [-0.2, -0.15) is 8.42 Å². The van der Waals surface area contributed by atoms with Gasteiger partial charge in [-0.25, -0.2) is 0 Å². The number of esters is 1. The zero-order chi connectivity index (χ0) is 18.9. The second kappa shape index (κ2) is 9.53. The molecule has 0 bridgehead atoms. The van der Waals surface area contributed by atoms with E-state index in [2.05, 4.69) is 5.32 Å². The van der Waals surface area contributed by atoms with Crippen LogP contribution in [0.1, 0.15) is 32.8 Å². The summed E-state index contributed by atoms with van der Waals surface area (Å²) in [6.45, 7) is 4.55. The first-order chi connectivity index (χ1) is 11.6. The first-order valence-electron chi connectivity index (χ1n) is 7.95. The van der Waals surface area contributed by atoms with E-state index in [0.717, 1.165) is 5.56 Å². The van der Waals surface area contributed by atoms with E-state index in [9.17, 15) is 18.0 Å². The number of carbonyl (C=O) groups excluding carboxylic acids is 2. The van der Waals surface area contributed by atoms with Crippen molar-refractivity contribution < 1.29 is 26.9 Å². The van der Waals surface area contributed by atoms with Gasteiger partial charge >= 0.3 is 5.97 Å². The number of hydrogen-bond donors (Lipinski definition) is 1. The summed E-state index contributed by atoms with van der Waals surface area (Å²) in [7, 11) is -3.77. The van der Waals surface area contributed by atoms with Crippen molar-refractivity contribution in [3.05, 3.63) is 35.9 Å². The number of ether oxygens (including phenoxy) is 1. The Bertz CT molecular complexity index is 670. The van der Waals surface area contributed by atoms with Crippen molar-refractivity contribution in [3.8, 4) is 0 Å². The molecule has 0 atom stereocenters. The molecule has 0 aliphatic carbocycles. The van der Waals surface area contributed by atoms with Crippen LogP contribution < -0.4 is 5.32 Å². The van der Waals surface area contributed by atoms with Gasteiger partial charge in [-0.05, 0) is 25.8 Å². The average Bonchev–Trinajstić information content (AvgIpc) is 2.56. The highest BCUT2D eigenvalue weighted by molar-refractivity contribution is 7.86. The Kier molecular flexibility index (Phi) is 8.05. The molecule has 1 amide bonds. The largest absolute Gasteiger partial charge is 0.460 e. The number of hydrogen-bond acceptors (Lipinski definition) is 6. The number of carbonyl (C=O) groups is 2. The van der Waals surface area contributed by atoms with Crippen LogP contribution >= 0.6 is 0 Å². The van der Waals surface area contributed by atoms with Crippen molar-refractivity contribution in [1.82, 2.24) is 5.32 Å². The minimum absolute atomic E-state index is 0.118. The Morgan fingerprint density at radius 3 is 2.40 bits per heavy atom. The van der Waals surface area contributed by atoms with E-state index in [1.807, 2.05) is 30.3 Å². The fourth-order valence-corrected chi connectivity index (χ4v) is 2.88. The summed E-state index contributed by atoms with van der Waals surface area (Å²) in [5, 5.41) is 2.51. The first kappa shape index (κ1) is 21.1. The molecule has 7 nitrogen and oxygen atoms in total. The van der Waals surface area contributed by atoms with Crippen LogP contribution in [0.4, 0.5) is 0 Å². The maximum atomic E-state index is 12.1. The van der Waals surface area contributed by atoms with Gasteiger partial charge in [-0.15, -0.1) is 0 Å². The number of benzene rings is 1. The SMILES string of the molecule is CC(=O)NCCCS(=O)(=O)OCC(C)(C)C(=O)OCc1ccccc1. The molecule has 0 radical (unpaired) electrons. The van der Waals surface area contributed by atoms with E-state index < -0.39 is 21.5 Å². The number of rotatable bonds is 10. The van der Waals surface area contributed by atoms with Crippen molar-refractivity contribution in [2.45, 2.75) is 33.8 Å². The molecule has 1 aromatic carbocycles. The van der Waals surface area contributed by atoms with Gasteiger partial charge in [0.15, 0.2) is 0 Å². The van der Waals surface area contributed by atoms with Gasteiger partial charge in [0, 0.05) is 13.5 Å². The van der Waals surface area contributed by atoms with Crippen LogP contribution in [0.3, 0.4) is 0 Å². The lowest BCUT2D eigenvalue weighted by Crippen LogP contribution is -2.33. The predicted octanol–water partition coefficient (Wildman–Crippen LogP) is 1.63. The van der Waals surface area contributed by atoms with Crippen LogP contribution in [0, 0.1) is 5.41 Å². The Morgan fingerprint density at radius 2 is 1.80 bits per heavy atom. The summed E-state index contributed by atoms with van der Waals surface area (Å²) in [6, 6.07) is 9.20. The summed E-state index contributed by atoms with van der Waals surface area (Å²) < 4.78 is 33.8. The summed E-state index contributed by atoms with van der Waals surface area (Å²) in [4.78, 5) is 22.9. The van der Waals surface area contributed by atoms with E-state index in [-0.39, 0.29) is 37.8 Å². The zero-order valence-corrected chi connectivity index (χ0v) is 15.6. The van der Waals surface area contributed by atoms with E-state index in [0.29, 0.717) is 0 Å². The monoisotopic (exact) mass is 371 g/mol. The lowest BCUT2D eigenvalue weighted by molar-refractivity contribution is -0.156. The smallest absolute Gasteiger partial charge is 0.314 e. The van der Waals surface area contributed by atoms with Crippen molar-refractivity contribution in [3.63, 3.8) is 0 Å². The molecule has 0 heterocycles. The molecule has 0 saturated carbocycles. The Labute approximate surface area is 148 Å². The van der Waals surface area contributed by atoms with Gasteiger partial charge in [0.2, 0.25) is 5.91 Å². The zero-order valence-electron chi connectivity index (χ0n) is 14.8. The molecular formula is C17H25NO6S. The molecule has 0 unspecified atom stereocenters. The molecule has 0 spiro atoms. The molecule has 0 aliphatic heterocycles. The predicted molar refractivity (Wildman–Crippen MR) is 93.1 cm³/mol. The second-order valence-corrected chi connectivity index (χ2v) is 8.07. The number of nitrogens with one attached hydrogen (secondary N) is 1. The fraction of sp³-hybridized carbons (Fsp3) is 0.529. The van der Waals surface area contributed by atoms with Gasteiger partial charge in [0.05, 0.1) is 17.8 Å². The highest BCUT2D eigenvalue weighted by Gasteiger charge is 2.32. The lowest BCUT2D eigenvalue weighted by Gasteiger charge is -2.22. The molecule has 1 aromatic rings. The Balaban J connectivity index is 2.42. The maximum Gasteiger partial charge on any atom is 0.314 e. The van der Waals surface area contributed by atoms with Gasteiger partial charge in [0.1, 0.15) is 6.61 Å². The molecule has 0 aromatic heterocycles. The molecule has 0 aliphatic rings. The van der Waals surface area contributed by atoms with Crippen molar-refractivity contribution in [2.75, 3.05) is 18.9 Å². The van der Waals surface area contributed by atoms with Crippen LogP contribution in [0.25, 0.3) is 0 Å². The Morgan fingerprint density at radius 1 is 1.16 bits per heavy atom. The van der Waals surface area contributed by atoms with Crippen molar-refractivity contribution in [1.29, 1.82) is 0 Å². The summed E-state index contributed by atoms with van der Waals surface area (Å²) in [5.41, 5.74) is -0.252. The third-order valence-corrected chi connectivity index (χ3v) is 4.58. The highest BCUT2D eigenvalue weighted by Crippen LogP contribution is 2.20. The molecule has 1 rings (SSSR count). The molecule has 0 fully saturated rings. The van der Waals surface area contributed by atoms with Crippen LogP contribution in [0.15, 0.2) is 30.3 Å². The fourth-order valence-electron chi connectivity index (χ4n) is 1.79. The summed E-state index contributed by atoms with van der Waals surface area (Å²) >= 11 is 0. The van der Waals surface area contributed by atoms with Crippen LogP contribution in [0.5, 0.6) is 0 Å². The third-order valence-electron chi connectivity index (χ3n) is 3.31. The standard InChI is InChI=1S/C17H25NO6S/c1-14(19)18-10-7-11-25(21,22)24-13-17(2,3)16(20)23-12-15-8-5-4-6-9-15/h4-6,8-9H,7,10-13H2,1-3H3,(H,18,19).